The van der Waals surface area contributed by atoms with Gasteiger partial charge in [-0.3, -0.25) is 4.79 Å². The minimum atomic E-state index is -0.475. The smallest absolute Gasteiger partial charge is 0.340 e. The predicted molar refractivity (Wildman–Crippen MR) is 104 cm³/mol. The number of rotatable bonds is 5. The summed E-state index contributed by atoms with van der Waals surface area (Å²) in [5, 5.41) is 2.84. The van der Waals surface area contributed by atoms with Gasteiger partial charge in [0.15, 0.2) is 6.61 Å². The normalized spacial score (nSPS) is 10.9. The average Bonchev–Trinajstić information content (AvgIpc) is 2.83. The SMILES string of the molecule is Cc1cc(C)c(NC(=O)COC(=O)c2cc(C)n(C(C)C)c2C)c(C)c1. The summed E-state index contributed by atoms with van der Waals surface area (Å²) in [4.78, 5) is 24.6. The molecule has 1 heterocycles. The van der Waals surface area contributed by atoms with Crippen LogP contribution in [0, 0.1) is 34.6 Å². The zero-order valence-corrected chi connectivity index (χ0v) is 16.7. The molecule has 0 bridgehead atoms. The number of esters is 1. The molecule has 0 saturated heterocycles. The Morgan fingerprint density at radius 3 is 2.12 bits per heavy atom. The number of hydrogen-bond donors (Lipinski definition) is 1. The molecular formula is C21H28N2O3. The van der Waals surface area contributed by atoms with E-state index in [-0.39, 0.29) is 18.6 Å². The van der Waals surface area contributed by atoms with Crippen molar-refractivity contribution in [2.45, 2.75) is 54.5 Å². The van der Waals surface area contributed by atoms with E-state index in [1.54, 1.807) is 0 Å². The predicted octanol–water partition coefficient (Wildman–Crippen LogP) is 4.41. The number of ether oxygens (including phenoxy) is 1. The van der Waals surface area contributed by atoms with E-state index in [1.165, 1.54) is 0 Å². The maximum absolute atomic E-state index is 12.4. The van der Waals surface area contributed by atoms with Crippen LogP contribution in [0.5, 0.6) is 0 Å². The molecule has 5 heteroatoms. The Kier molecular flexibility index (Phi) is 5.90. The number of aromatic nitrogens is 1. The summed E-state index contributed by atoms with van der Waals surface area (Å²) in [6.45, 7) is 13.6. The molecule has 1 aromatic heterocycles. The highest BCUT2D eigenvalue weighted by Gasteiger charge is 2.19. The molecule has 0 aliphatic carbocycles. The van der Waals surface area contributed by atoms with Crippen LogP contribution in [0.15, 0.2) is 18.2 Å². The summed E-state index contributed by atoms with van der Waals surface area (Å²) >= 11 is 0. The van der Waals surface area contributed by atoms with Gasteiger partial charge in [-0.15, -0.1) is 0 Å². The summed E-state index contributed by atoms with van der Waals surface area (Å²) in [5.41, 5.74) is 6.25. The summed E-state index contributed by atoms with van der Waals surface area (Å²) in [6, 6.07) is 6.08. The number of carbonyl (C=O) groups excluding carboxylic acids is 2. The Labute approximate surface area is 155 Å². The van der Waals surface area contributed by atoms with Gasteiger partial charge in [-0.05, 0) is 65.7 Å². The second-order valence-corrected chi connectivity index (χ2v) is 7.15. The Balaban J connectivity index is 2.04. The zero-order chi connectivity index (χ0) is 19.6. The number of amides is 1. The Morgan fingerprint density at radius 2 is 1.62 bits per heavy atom. The van der Waals surface area contributed by atoms with Crippen LogP contribution in [0.3, 0.4) is 0 Å². The monoisotopic (exact) mass is 356 g/mol. The van der Waals surface area contributed by atoms with Crippen molar-refractivity contribution in [2.24, 2.45) is 0 Å². The van der Waals surface area contributed by atoms with Gasteiger partial charge in [0.05, 0.1) is 5.56 Å². The van der Waals surface area contributed by atoms with Crippen molar-refractivity contribution in [1.82, 2.24) is 4.57 Å². The third-order valence-electron chi connectivity index (χ3n) is 4.50. The van der Waals surface area contributed by atoms with Crippen molar-refractivity contribution in [2.75, 3.05) is 11.9 Å². The van der Waals surface area contributed by atoms with E-state index >= 15 is 0 Å². The molecule has 140 valence electrons. The van der Waals surface area contributed by atoms with Gasteiger partial charge in [-0.1, -0.05) is 17.7 Å². The van der Waals surface area contributed by atoms with Crippen molar-refractivity contribution >= 4 is 17.6 Å². The van der Waals surface area contributed by atoms with Crippen LogP contribution < -0.4 is 5.32 Å². The molecule has 0 unspecified atom stereocenters. The molecule has 5 nitrogen and oxygen atoms in total. The van der Waals surface area contributed by atoms with E-state index in [1.807, 2.05) is 52.8 Å². The molecule has 1 amide bonds. The van der Waals surface area contributed by atoms with Gasteiger partial charge in [0.25, 0.3) is 5.91 Å². The highest BCUT2D eigenvalue weighted by molar-refractivity contribution is 5.97. The number of nitrogens with one attached hydrogen (secondary N) is 1. The van der Waals surface area contributed by atoms with Gasteiger partial charge < -0.3 is 14.6 Å². The van der Waals surface area contributed by atoms with Gasteiger partial charge in [0.1, 0.15) is 0 Å². The highest BCUT2D eigenvalue weighted by Crippen LogP contribution is 2.22. The van der Waals surface area contributed by atoms with E-state index in [2.05, 4.69) is 23.7 Å². The van der Waals surface area contributed by atoms with Crippen LogP contribution >= 0.6 is 0 Å². The number of benzene rings is 1. The minimum absolute atomic E-state index is 0.257. The van der Waals surface area contributed by atoms with Crippen LogP contribution in [0.25, 0.3) is 0 Å². The van der Waals surface area contributed by atoms with Crippen molar-refractivity contribution < 1.29 is 14.3 Å². The van der Waals surface area contributed by atoms with Crippen LogP contribution in [0.4, 0.5) is 5.69 Å². The second kappa shape index (κ2) is 7.77. The maximum atomic E-state index is 12.4. The minimum Gasteiger partial charge on any atom is -0.452 e. The van der Waals surface area contributed by atoms with Gasteiger partial charge in [0, 0.05) is 23.1 Å². The molecular weight excluding hydrogens is 328 g/mol. The maximum Gasteiger partial charge on any atom is 0.340 e. The van der Waals surface area contributed by atoms with E-state index in [0.29, 0.717) is 5.56 Å². The molecule has 0 saturated carbocycles. The molecule has 0 aliphatic rings. The van der Waals surface area contributed by atoms with E-state index in [4.69, 9.17) is 4.74 Å². The van der Waals surface area contributed by atoms with Crippen molar-refractivity contribution in [3.05, 3.63) is 51.8 Å². The Hall–Kier alpha value is -2.56. The van der Waals surface area contributed by atoms with Crippen LogP contribution in [0.1, 0.15) is 58.3 Å². The fourth-order valence-corrected chi connectivity index (χ4v) is 3.54. The van der Waals surface area contributed by atoms with Crippen molar-refractivity contribution in [3.8, 4) is 0 Å². The van der Waals surface area contributed by atoms with E-state index in [9.17, 15) is 9.59 Å². The molecule has 0 radical (unpaired) electrons. The Morgan fingerprint density at radius 1 is 1.04 bits per heavy atom. The first-order valence-electron chi connectivity index (χ1n) is 8.85. The molecule has 0 fully saturated rings. The van der Waals surface area contributed by atoms with Crippen LogP contribution in [0.2, 0.25) is 0 Å². The topological polar surface area (TPSA) is 60.3 Å². The largest absolute Gasteiger partial charge is 0.452 e. The number of nitrogens with zero attached hydrogens (tertiary/aromatic N) is 1. The molecule has 0 aliphatic heterocycles. The molecule has 2 rings (SSSR count). The first kappa shape index (κ1) is 19.8. The highest BCUT2D eigenvalue weighted by atomic mass is 16.5. The average molecular weight is 356 g/mol. The quantitative estimate of drug-likeness (QED) is 0.808. The van der Waals surface area contributed by atoms with Crippen LogP contribution in [-0.2, 0) is 9.53 Å². The lowest BCUT2D eigenvalue weighted by Crippen LogP contribution is -2.22. The van der Waals surface area contributed by atoms with Crippen molar-refractivity contribution in [1.29, 1.82) is 0 Å². The second-order valence-electron chi connectivity index (χ2n) is 7.15. The lowest BCUT2D eigenvalue weighted by Gasteiger charge is -2.14. The summed E-state index contributed by atoms with van der Waals surface area (Å²) in [6.07, 6.45) is 0. The summed E-state index contributed by atoms with van der Waals surface area (Å²) in [5.74, 6) is -0.816. The van der Waals surface area contributed by atoms with Crippen molar-refractivity contribution in [3.63, 3.8) is 0 Å². The lowest BCUT2D eigenvalue weighted by molar-refractivity contribution is -0.119. The standard InChI is InChI=1S/C21H28N2O3/c1-12(2)23-16(6)10-18(17(23)7)21(25)26-11-19(24)22-20-14(4)8-13(3)9-15(20)5/h8-10,12H,11H2,1-7H3,(H,22,24). The number of anilines is 1. The van der Waals surface area contributed by atoms with Crippen LogP contribution in [-0.4, -0.2) is 23.1 Å². The fraction of sp³-hybridized carbons (Fsp3) is 0.429. The third kappa shape index (κ3) is 4.15. The summed E-state index contributed by atoms with van der Waals surface area (Å²) < 4.78 is 7.31. The molecule has 2 aromatic rings. The molecule has 0 atom stereocenters. The number of hydrogen-bond acceptors (Lipinski definition) is 3. The zero-order valence-electron chi connectivity index (χ0n) is 16.7. The molecule has 0 spiro atoms. The van der Waals surface area contributed by atoms with Gasteiger partial charge in [0.2, 0.25) is 0 Å². The van der Waals surface area contributed by atoms with E-state index in [0.717, 1.165) is 33.8 Å². The van der Waals surface area contributed by atoms with Gasteiger partial charge >= 0.3 is 5.97 Å². The number of aryl methyl sites for hydroxylation is 4. The lowest BCUT2D eigenvalue weighted by atomic mass is 10.1. The van der Waals surface area contributed by atoms with Gasteiger partial charge in [-0.2, -0.15) is 0 Å². The summed E-state index contributed by atoms with van der Waals surface area (Å²) in [7, 11) is 0. The molecule has 26 heavy (non-hydrogen) atoms. The third-order valence-corrected chi connectivity index (χ3v) is 4.50. The van der Waals surface area contributed by atoms with Gasteiger partial charge in [-0.25, -0.2) is 4.79 Å². The first-order valence-corrected chi connectivity index (χ1v) is 8.85. The first-order chi connectivity index (χ1) is 12.1. The molecule has 1 aromatic carbocycles. The fourth-order valence-electron chi connectivity index (χ4n) is 3.54. The van der Waals surface area contributed by atoms with E-state index < -0.39 is 5.97 Å². The number of carbonyl (C=O) groups is 2. The molecule has 1 N–H and O–H groups in total. The Bertz CT molecular complexity index is 824.